The van der Waals surface area contributed by atoms with E-state index in [1.54, 1.807) is 43.0 Å². The molecule has 0 atom stereocenters. The molecule has 0 saturated carbocycles. The number of aromatic nitrogens is 7. The SMILES string of the molecule is CC(C)n1ccc(S(=O)(=O)N=C([O-])[n+]2ccc(N(C)C)cc2)n1.Cc1cnccc1-c1cc(F)cc(C(C)C)c1N.Cc1cnccc1-c1cc(F)cc(C(C)C)c1NC(=O)NS(=O)(=O)c1ccn(C(C)C)n1. The summed E-state index contributed by atoms with van der Waals surface area (Å²) in [6.45, 7) is 18.9. The number of anilines is 3. The Morgan fingerprint density at radius 1 is 0.712 bits per heavy atom. The molecule has 0 aliphatic carbocycles. The van der Waals surface area contributed by atoms with E-state index in [-0.39, 0.29) is 39.8 Å². The molecule has 5 aromatic heterocycles. The van der Waals surface area contributed by atoms with Gasteiger partial charge < -0.3 is 21.1 Å². The van der Waals surface area contributed by atoms with Crippen LogP contribution in [0.4, 0.5) is 30.6 Å². The lowest BCUT2D eigenvalue weighted by molar-refractivity contribution is -0.613. The summed E-state index contributed by atoms with van der Waals surface area (Å²) >= 11 is 0. The Balaban J connectivity index is 0.000000212. The van der Waals surface area contributed by atoms with Crippen LogP contribution in [0.2, 0.25) is 0 Å². The van der Waals surface area contributed by atoms with Crippen LogP contribution < -0.4 is 30.3 Å². The van der Waals surface area contributed by atoms with Gasteiger partial charge in [0.25, 0.3) is 16.0 Å². The number of nitrogens with one attached hydrogen (secondary N) is 2. The van der Waals surface area contributed by atoms with Crippen LogP contribution >= 0.6 is 0 Å². The summed E-state index contributed by atoms with van der Waals surface area (Å²) in [6.07, 6.45) is 12.6. The smallest absolute Gasteiger partial charge is 0.388 e. The monoisotopic (exact) mass is 1040 g/mol. The number of hydrogen-bond donors (Lipinski definition) is 3. The zero-order valence-electron chi connectivity index (χ0n) is 42.8. The number of pyridine rings is 3. The van der Waals surface area contributed by atoms with Crippen LogP contribution in [0, 0.1) is 25.5 Å². The van der Waals surface area contributed by atoms with Crippen molar-refractivity contribution in [1.29, 1.82) is 0 Å². The van der Waals surface area contributed by atoms with Crippen molar-refractivity contribution in [3.63, 3.8) is 0 Å². The van der Waals surface area contributed by atoms with Gasteiger partial charge in [0.05, 0.1) is 18.1 Å². The van der Waals surface area contributed by atoms with Gasteiger partial charge in [0.1, 0.15) is 11.6 Å². The Morgan fingerprint density at radius 2 is 1.19 bits per heavy atom. The van der Waals surface area contributed by atoms with Crippen LogP contribution in [-0.2, 0) is 20.0 Å². The van der Waals surface area contributed by atoms with Crippen molar-refractivity contribution in [3.05, 3.63) is 144 Å². The first-order valence-electron chi connectivity index (χ1n) is 23.1. The lowest BCUT2D eigenvalue weighted by Gasteiger charge is -2.20. The molecule has 0 saturated heterocycles. The zero-order valence-corrected chi connectivity index (χ0v) is 44.5. The summed E-state index contributed by atoms with van der Waals surface area (Å²) in [5.41, 5.74) is 14.0. The number of nitrogen functional groups attached to an aromatic ring is 1. The van der Waals surface area contributed by atoms with E-state index in [2.05, 4.69) is 29.9 Å². The number of carbonyl (C=O) groups excluding carboxylic acids is 1. The van der Waals surface area contributed by atoms with E-state index in [1.807, 2.05) is 99.0 Å². The Morgan fingerprint density at radius 3 is 1.67 bits per heavy atom. The van der Waals surface area contributed by atoms with Gasteiger partial charge in [-0.3, -0.25) is 19.3 Å². The number of carbonyl (C=O) groups is 1. The van der Waals surface area contributed by atoms with Crippen molar-refractivity contribution in [3.8, 4) is 22.3 Å². The molecule has 22 heteroatoms. The second-order valence-electron chi connectivity index (χ2n) is 18.3. The number of urea groups is 1. The van der Waals surface area contributed by atoms with Crippen LogP contribution in [0.1, 0.15) is 102 Å². The minimum atomic E-state index is -4.20. The van der Waals surface area contributed by atoms with Crippen molar-refractivity contribution < 1.29 is 40.1 Å². The third-order valence-electron chi connectivity index (χ3n) is 11.2. The van der Waals surface area contributed by atoms with Crippen molar-refractivity contribution in [2.24, 2.45) is 4.40 Å². The number of nitrogens with two attached hydrogens (primary N) is 1. The number of amides is 2. The molecular weight excluding hydrogens is 979 g/mol. The zero-order chi connectivity index (χ0) is 54.1. The number of benzene rings is 2. The van der Waals surface area contributed by atoms with Crippen LogP contribution in [0.5, 0.6) is 0 Å². The molecule has 5 heterocycles. The Bertz CT molecular complexity index is 3320. The van der Waals surface area contributed by atoms with Crippen molar-refractivity contribution >= 4 is 49.2 Å². The molecule has 4 N–H and O–H groups in total. The van der Waals surface area contributed by atoms with E-state index >= 15 is 0 Å². The van der Waals surface area contributed by atoms with Crippen molar-refractivity contribution in [1.82, 2.24) is 34.3 Å². The average Bonchev–Trinajstić information content (AvgIpc) is 4.04. The highest BCUT2D eigenvalue weighted by atomic mass is 32.2. The van der Waals surface area contributed by atoms with Gasteiger partial charge >= 0.3 is 16.1 Å². The highest BCUT2D eigenvalue weighted by Crippen LogP contribution is 2.38. The Hall–Kier alpha value is -7.59. The summed E-state index contributed by atoms with van der Waals surface area (Å²) in [5, 5.41) is 22.1. The summed E-state index contributed by atoms with van der Waals surface area (Å²) in [4.78, 5) is 22.7. The normalized spacial score (nSPS) is 11.8. The number of aryl methyl sites for hydroxylation is 2. The second kappa shape index (κ2) is 23.8. The van der Waals surface area contributed by atoms with Crippen molar-refractivity contribution in [2.75, 3.05) is 30.0 Å². The molecule has 388 valence electrons. The lowest BCUT2D eigenvalue weighted by atomic mass is 9.93. The summed E-state index contributed by atoms with van der Waals surface area (Å²) in [5.74, 6) is -0.654. The van der Waals surface area contributed by atoms with Gasteiger partial charge in [-0.2, -0.15) is 27.0 Å². The molecule has 2 amide bonds. The Labute approximate surface area is 425 Å². The fourth-order valence-electron chi connectivity index (χ4n) is 7.18. The molecule has 0 bridgehead atoms. The molecule has 0 unspecified atom stereocenters. The van der Waals surface area contributed by atoms with E-state index in [9.17, 15) is 35.5 Å². The molecule has 0 radical (unpaired) electrons. The van der Waals surface area contributed by atoms with E-state index in [1.165, 1.54) is 70.5 Å². The topological polar surface area (TPSA) is 239 Å². The molecule has 0 spiro atoms. The fraction of sp³-hybridized carbons (Fsp3) is 0.314. The summed E-state index contributed by atoms with van der Waals surface area (Å²) < 4.78 is 87.1. The van der Waals surface area contributed by atoms with Crippen LogP contribution in [0.15, 0.2) is 125 Å². The number of halogens is 2. The van der Waals surface area contributed by atoms with E-state index in [0.29, 0.717) is 28.1 Å². The quantitative estimate of drug-likeness (QED) is 0.0454. The third kappa shape index (κ3) is 14.3. The molecule has 7 rings (SSSR count). The number of rotatable bonds is 12. The summed E-state index contributed by atoms with van der Waals surface area (Å²) in [7, 11) is -4.61. The summed E-state index contributed by atoms with van der Waals surface area (Å²) in [6, 6.07) is 13.4. The molecule has 0 fully saturated rings. The molecular formula is C51H62F2N12O6S2. The van der Waals surface area contributed by atoms with Crippen molar-refractivity contribution in [2.45, 2.75) is 103 Å². The van der Waals surface area contributed by atoms with Crippen LogP contribution in [-0.4, -0.2) is 72.5 Å². The Kier molecular flexibility index (Phi) is 18.3. The van der Waals surface area contributed by atoms with Gasteiger partial charge in [-0.15, -0.1) is 0 Å². The first-order chi connectivity index (χ1) is 34.2. The maximum Gasteiger partial charge on any atom is 0.388 e. The molecule has 2 aromatic carbocycles. The number of sulfonamides is 2. The minimum Gasteiger partial charge on any atom is -0.806 e. The average molecular weight is 1040 g/mol. The number of hydrogen-bond acceptors (Lipinski definition) is 12. The number of nitrogens with zero attached hydrogens (tertiary/aromatic N) is 9. The van der Waals surface area contributed by atoms with Gasteiger partial charge in [-0.25, -0.2) is 22.9 Å². The first-order valence-corrected chi connectivity index (χ1v) is 26.0. The molecule has 7 aromatic rings. The lowest BCUT2D eigenvalue weighted by Crippen LogP contribution is -2.51. The third-order valence-corrected chi connectivity index (χ3v) is 13.5. The van der Waals surface area contributed by atoms with E-state index < -0.39 is 37.9 Å². The van der Waals surface area contributed by atoms with E-state index in [0.717, 1.165) is 38.1 Å². The van der Waals surface area contributed by atoms with Gasteiger partial charge in [0.15, 0.2) is 5.03 Å². The fourth-order valence-corrected chi connectivity index (χ4v) is 8.84. The first kappa shape index (κ1) is 56.3. The maximum atomic E-state index is 14.4. The molecule has 73 heavy (non-hydrogen) atoms. The maximum absolute atomic E-state index is 14.4. The molecule has 0 aliphatic rings. The van der Waals surface area contributed by atoms with E-state index in [4.69, 9.17) is 5.73 Å². The van der Waals surface area contributed by atoms with Crippen LogP contribution in [0.3, 0.4) is 0 Å². The van der Waals surface area contributed by atoms with Crippen LogP contribution in [0.25, 0.3) is 22.3 Å². The van der Waals surface area contributed by atoms with Gasteiger partial charge in [0.2, 0.25) is 5.03 Å². The highest BCUT2D eigenvalue weighted by Gasteiger charge is 2.26. The minimum absolute atomic E-state index is 0.0163. The molecule has 0 aliphatic heterocycles. The van der Waals surface area contributed by atoms with Gasteiger partial charge in [-0.1, -0.05) is 27.7 Å². The van der Waals surface area contributed by atoms with Gasteiger partial charge in [-0.05, 0) is 135 Å². The predicted octanol–water partition coefficient (Wildman–Crippen LogP) is 8.28. The van der Waals surface area contributed by atoms with Gasteiger partial charge in [0, 0.05) is 102 Å². The predicted molar refractivity (Wildman–Crippen MR) is 277 cm³/mol. The molecule has 18 nitrogen and oxygen atoms in total. The largest absolute Gasteiger partial charge is 0.806 e. The second-order valence-corrected chi connectivity index (χ2v) is 21.5. The standard InChI is InChI=1S/C22H26FN5O3S.C15H17FN2.C14H19N5O3S/c1-13(2)18-10-16(23)11-19(17-6-8-24-12-15(17)5)21(18)25-22(29)27-32(30,31)20-7-9-28(26-20)14(3)4;1-9(2)13-6-11(16)7-14(15(13)17)12-4-5-18-8-10(12)3;1-11(2)19-10-7-13(15-19)23(21,22)16-14(20)18-8-5-12(6-9-18)17(3)4/h6-14H,1-5H3,(H2,25,27,29);4-9H,17H2,1-3H3;5-11H,1-4H3. The highest BCUT2D eigenvalue weighted by molar-refractivity contribution is 7.90.